The number of nitrogens with one attached hydrogen (secondary N) is 2. The fourth-order valence-corrected chi connectivity index (χ4v) is 1.97. The minimum Gasteiger partial charge on any atom is -0.478 e. The van der Waals surface area contributed by atoms with Crippen molar-refractivity contribution in [2.75, 3.05) is 19.0 Å². The Morgan fingerprint density at radius 2 is 2.18 bits per heavy atom. The number of carbonyl (C=O) groups is 3. The molecular weight excluding hydrogens is 292 g/mol. The van der Waals surface area contributed by atoms with Crippen molar-refractivity contribution in [3.63, 3.8) is 0 Å². The van der Waals surface area contributed by atoms with Gasteiger partial charge in [-0.05, 0) is 12.1 Å². The van der Waals surface area contributed by atoms with E-state index < -0.39 is 36.5 Å². The maximum Gasteiger partial charge on any atom is 0.330 e. The van der Waals surface area contributed by atoms with Crippen molar-refractivity contribution in [3.05, 3.63) is 24.3 Å². The molecule has 0 aromatic heterocycles. The van der Waals surface area contributed by atoms with Gasteiger partial charge in [0.1, 0.15) is 5.75 Å². The van der Waals surface area contributed by atoms with Crippen molar-refractivity contribution in [2.45, 2.75) is 18.6 Å². The molecule has 0 fully saturated rings. The largest absolute Gasteiger partial charge is 0.478 e. The lowest BCUT2D eigenvalue weighted by atomic mass is 10.1. The van der Waals surface area contributed by atoms with Gasteiger partial charge in [0.15, 0.2) is 12.1 Å². The fourth-order valence-electron chi connectivity index (χ4n) is 1.97. The standard InChI is InChI=1S/C14H16N2O6/c1-21-14(20)9(7-17)15-12(18)6-11-13(19)16-8-4-2-3-5-10(8)22-11/h2-5,9,11,17H,6-7H2,1H3,(H,15,18)(H,16,19)/t9-,11+/m0/s1. The molecule has 22 heavy (non-hydrogen) atoms. The van der Waals surface area contributed by atoms with Crippen LogP contribution in [0.15, 0.2) is 24.3 Å². The molecule has 0 spiro atoms. The summed E-state index contributed by atoms with van der Waals surface area (Å²) in [5.41, 5.74) is 0.534. The molecule has 0 bridgehead atoms. The number of esters is 1. The van der Waals surface area contributed by atoms with Gasteiger partial charge in [-0.3, -0.25) is 9.59 Å². The van der Waals surface area contributed by atoms with Gasteiger partial charge in [-0.25, -0.2) is 4.79 Å². The Morgan fingerprint density at radius 3 is 2.86 bits per heavy atom. The Labute approximate surface area is 126 Å². The molecule has 0 saturated carbocycles. The summed E-state index contributed by atoms with van der Waals surface area (Å²) in [6.45, 7) is -0.598. The number of amides is 2. The van der Waals surface area contributed by atoms with Crippen LogP contribution >= 0.6 is 0 Å². The van der Waals surface area contributed by atoms with Gasteiger partial charge >= 0.3 is 5.97 Å². The highest BCUT2D eigenvalue weighted by Gasteiger charge is 2.31. The zero-order chi connectivity index (χ0) is 16.1. The second-order valence-electron chi connectivity index (χ2n) is 4.62. The van der Waals surface area contributed by atoms with Crippen LogP contribution in [0, 0.1) is 0 Å². The maximum absolute atomic E-state index is 11.9. The first kappa shape index (κ1) is 15.8. The highest BCUT2D eigenvalue weighted by Crippen LogP contribution is 2.29. The van der Waals surface area contributed by atoms with Gasteiger partial charge in [-0.15, -0.1) is 0 Å². The third-order valence-corrected chi connectivity index (χ3v) is 3.08. The molecule has 1 aromatic carbocycles. The zero-order valence-electron chi connectivity index (χ0n) is 11.9. The fraction of sp³-hybridized carbons (Fsp3) is 0.357. The Bertz CT molecular complexity index is 588. The van der Waals surface area contributed by atoms with Crippen molar-refractivity contribution >= 4 is 23.5 Å². The van der Waals surface area contributed by atoms with Crippen molar-refractivity contribution in [1.82, 2.24) is 5.32 Å². The number of hydrogen-bond acceptors (Lipinski definition) is 6. The number of ether oxygens (including phenoxy) is 2. The monoisotopic (exact) mass is 308 g/mol. The average Bonchev–Trinajstić information content (AvgIpc) is 2.52. The quantitative estimate of drug-likeness (QED) is 0.628. The molecule has 1 aromatic rings. The first-order chi connectivity index (χ1) is 10.5. The number of rotatable bonds is 5. The van der Waals surface area contributed by atoms with Crippen LogP contribution in [0.1, 0.15) is 6.42 Å². The lowest BCUT2D eigenvalue weighted by Crippen LogP contribution is -2.47. The lowest BCUT2D eigenvalue weighted by molar-refractivity contribution is -0.146. The number of methoxy groups -OCH3 is 1. The molecule has 1 aliphatic rings. The summed E-state index contributed by atoms with van der Waals surface area (Å²) in [6, 6.07) is 5.67. The van der Waals surface area contributed by atoms with Crippen LogP contribution in [0.4, 0.5) is 5.69 Å². The molecule has 0 aliphatic carbocycles. The Morgan fingerprint density at radius 1 is 1.45 bits per heavy atom. The molecule has 2 atom stereocenters. The first-order valence-corrected chi connectivity index (χ1v) is 6.59. The predicted molar refractivity (Wildman–Crippen MR) is 75.1 cm³/mol. The number of carbonyl (C=O) groups excluding carboxylic acids is 3. The van der Waals surface area contributed by atoms with E-state index in [9.17, 15) is 14.4 Å². The van der Waals surface area contributed by atoms with Crippen LogP contribution in [0.5, 0.6) is 5.75 Å². The van der Waals surface area contributed by atoms with E-state index >= 15 is 0 Å². The predicted octanol–water partition coefficient (Wildman–Crippen LogP) is -0.574. The van der Waals surface area contributed by atoms with Crippen molar-refractivity contribution < 1.29 is 29.0 Å². The second kappa shape index (κ2) is 6.90. The van der Waals surface area contributed by atoms with Crippen molar-refractivity contribution in [3.8, 4) is 5.75 Å². The second-order valence-corrected chi connectivity index (χ2v) is 4.62. The van der Waals surface area contributed by atoms with Crippen LogP contribution in [-0.2, 0) is 19.1 Å². The number of anilines is 1. The smallest absolute Gasteiger partial charge is 0.330 e. The number of aliphatic hydroxyl groups excluding tert-OH is 1. The van der Waals surface area contributed by atoms with Crippen LogP contribution in [-0.4, -0.2) is 48.8 Å². The molecule has 0 unspecified atom stereocenters. The summed E-state index contributed by atoms with van der Waals surface area (Å²) >= 11 is 0. The molecular formula is C14H16N2O6. The number of hydrogen-bond donors (Lipinski definition) is 3. The molecule has 118 valence electrons. The van der Waals surface area contributed by atoms with E-state index in [2.05, 4.69) is 15.4 Å². The molecule has 0 saturated heterocycles. The zero-order valence-corrected chi connectivity index (χ0v) is 11.9. The van der Waals surface area contributed by atoms with Crippen molar-refractivity contribution in [2.24, 2.45) is 0 Å². The van der Waals surface area contributed by atoms with Crippen LogP contribution in [0.3, 0.4) is 0 Å². The van der Waals surface area contributed by atoms with E-state index in [1.807, 2.05) is 0 Å². The molecule has 1 heterocycles. The van der Waals surface area contributed by atoms with Crippen LogP contribution in [0.2, 0.25) is 0 Å². The number of fused-ring (bicyclic) bond motifs is 1. The molecule has 8 heteroatoms. The minimum atomic E-state index is -1.17. The molecule has 1 aliphatic heterocycles. The number of benzene rings is 1. The SMILES string of the molecule is COC(=O)[C@H](CO)NC(=O)C[C@H]1Oc2ccccc2NC1=O. The molecule has 2 rings (SSSR count). The van der Waals surface area contributed by atoms with Crippen molar-refractivity contribution in [1.29, 1.82) is 0 Å². The Balaban J connectivity index is 1.97. The van der Waals surface area contributed by atoms with E-state index in [-0.39, 0.29) is 6.42 Å². The van der Waals surface area contributed by atoms with E-state index in [0.717, 1.165) is 7.11 Å². The highest BCUT2D eigenvalue weighted by molar-refractivity contribution is 6.00. The summed E-state index contributed by atoms with van der Waals surface area (Å²) in [5.74, 6) is -1.36. The summed E-state index contributed by atoms with van der Waals surface area (Å²) in [5, 5.41) is 14.0. The van der Waals surface area contributed by atoms with E-state index in [1.54, 1.807) is 24.3 Å². The summed E-state index contributed by atoms with van der Waals surface area (Å²) in [7, 11) is 1.14. The van der Waals surface area contributed by atoms with Crippen LogP contribution < -0.4 is 15.4 Å². The van der Waals surface area contributed by atoms with Gasteiger partial charge in [0.05, 0.1) is 25.8 Å². The Hall–Kier alpha value is -2.61. The first-order valence-electron chi connectivity index (χ1n) is 6.59. The molecule has 0 radical (unpaired) electrons. The van der Waals surface area contributed by atoms with Gasteiger partial charge in [0, 0.05) is 0 Å². The topological polar surface area (TPSA) is 114 Å². The third-order valence-electron chi connectivity index (χ3n) is 3.08. The van der Waals surface area contributed by atoms with Gasteiger partial charge in [0.25, 0.3) is 5.91 Å². The van der Waals surface area contributed by atoms with E-state index in [1.165, 1.54) is 0 Å². The van der Waals surface area contributed by atoms with E-state index in [4.69, 9.17) is 9.84 Å². The summed E-state index contributed by atoms with van der Waals surface area (Å²) < 4.78 is 9.90. The van der Waals surface area contributed by atoms with Crippen LogP contribution in [0.25, 0.3) is 0 Å². The molecule has 3 N–H and O–H groups in total. The van der Waals surface area contributed by atoms with Gasteiger partial charge in [-0.1, -0.05) is 12.1 Å². The highest BCUT2D eigenvalue weighted by atomic mass is 16.5. The maximum atomic E-state index is 11.9. The molecule has 2 amide bonds. The summed E-state index contributed by atoms with van der Waals surface area (Å²) in [4.78, 5) is 35.0. The van der Waals surface area contributed by atoms with Gasteiger partial charge in [0.2, 0.25) is 5.91 Å². The number of aliphatic hydroxyl groups is 1. The minimum absolute atomic E-state index is 0.284. The average molecular weight is 308 g/mol. The Kier molecular flexibility index (Phi) is 4.95. The third kappa shape index (κ3) is 3.53. The molecule has 8 nitrogen and oxygen atoms in total. The number of para-hydroxylation sites is 2. The normalized spacial score (nSPS) is 17.5. The van der Waals surface area contributed by atoms with Gasteiger partial charge in [-0.2, -0.15) is 0 Å². The summed E-state index contributed by atoms with van der Waals surface area (Å²) in [6.07, 6.45) is -1.29. The van der Waals surface area contributed by atoms with Gasteiger partial charge < -0.3 is 25.2 Å². The lowest BCUT2D eigenvalue weighted by Gasteiger charge is -2.25. The van der Waals surface area contributed by atoms with E-state index in [0.29, 0.717) is 11.4 Å².